The maximum Gasteiger partial charge on any atom is 0.173 e. The highest BCUT2D eigenvalue weighted by atomic mass is 32.1. The second-order valence-electron chi connectivity index (χ2n) is 7.40. The molecule has 0 bridgehead atoms. The van der Waals surface area contributed by atoms with E-state index in [2.05, 4.69) is 35.9 Å². The normalized spacial score (nSPS) is 15.5. The lowest BCUT2D eigenvalue weighted by Gasteiger charge is -2.28. The van der Waals surface area contributed by atoms with E-state index in [0.717, 1.165) is 37.2 Å². The summed E-state index contributed by atoms with van der Waals surface area (Å²) in [6, 6.07) is 14.2. The van der Waals surface area contributed by atoms with Crippen molar-refractivity contribution < 1.29 is 14.2 Å². The Kier molecular flexibility index (Phi) is 8.11. The zero-order valence-corrected chi connectivity index (χ0v) is 18.5. The molecule has 0 amide bonds. The Labute approximate surface area is 184 Å². The Balaban J connectivity index is 1.75. The first kappa shape index (κ1) is 22.1. The molecule has 0 saturated carbocycles. The van der Waals surface area contributed by atoms with Crippen LogP contribution < -0.4 is 14.8 Å². The number of rotatable bonds is 9. The summed E-state index contributed by atoms with van der Waals surface area (Å²) < 4.78 is 17.0. The van der Waals surface area contributed by atoms with Crippen LogP contribution in [0.5, 0.6) is 11.5 Å². The second-order valence-corrected chi connectivity index (χ2v) is 7.78. The van der Waals surface area contributed by atoms with Crippen LogP contribution in [0.25, 0.3) is 0 Å². The van der Waals surface area contributed by atoms with Crippen LogP contribution in [0.15, 0.2) is 55.1 Å². The van der Waals surface area contributed by atoms with E-state index in [1.807, 2.05) is 30.3 Å². The molecule has 2 aromatic rings. The number of nitrogens with one attached hydrogen (secondary N) is 1. The van der Waals surface area contributed by atoms with Crippen molar-refractivity contribution in [1.82, 2.24) is 4.90 Å². The lowest BCUT2D eigenvalue weighted by molar-refractivity contribution is 0.0905. The average molecular weight is 427 g/mol. The third kappa shape index (κ3) is 6.21. The summed E-state index contributed by atoms with van der Waals surface area (Å²) >= 11 is 5.76. The van der Waals surface area contributed by atoms with Gasteiger partial charge in [-0.2, -0.15) is 0 Å². The molecule has 30 heavy (non-hydrogen) atoms. The lowest BCUT2D eigenvalue weighted by atomic mass is 10.1. The van der Waals surface area contributed by atoms with E-state index in [0.29, 0.717) is 29.8 Å². The molecule has 1 aliphatic heterocycles. The van der Waals surface area contributed by atoms with Crippen LogP contribution in [0.4, 0.5) is 5.69 Å². The van der Waals surface area contributed by atoms with Crippen LogP contribution in [0, 0.1) is 6.92 Å². The molecule has 160 valence electrons. The van der Waals surface area contributed by atoms with Gasteiger partial charge in [-0.05, 0) is 61.8 Å². The van der Waals surface area contributed by atoms with Crippen molar-refractivity contribution in [3.8, 4) is 11.5 Å². The van der Waals surface area contributed by atoms with Crippen molar-refractivity contribution in [3.63, 3.8) is 0 Å². The third-order valence-electron chi connectivity index (χ3n) is 5.00. The predicted octanol–water partition coefficient (Wildman–Crippen LogP) is 4.95. The molecule has 1 heterocycles. The van der Waals surface area contributed by atoms with Crippen LogP contribution in [-0.4, -0.2) is 43.0 Å². The van der Waals surface area contributed by atoms with Crippen molar-refractivity contribution in [1.29, 1.82) is 0 Å². The fourth-order valence-corrected chi connectivity index (χ4v) is 3.65. The van der Waals surface area contributed by atoms with E-state index in [9.17, 15) is 0 Å². The summed E-state index contributed by atoms with van der Waals surface area (Å²) in [5.74, 6) is 1.40. The van der Waals surface area contributed by atoms with Gasteiger partial charge in [0.1, 0.15) is 6.61 Å². The van der Waals surface area contributed by atoms with Crippen LogP contribution in [0.3, 0.4) is 0 Å². The van der Waals surface area contributed by atoms with Crippen molar-refractivity contribution in [2.24, 2.45) is 0 Å². The number of anilines is 1. The molecule has 5 nitrogen and oxygen atoms in total. The molecule has 0 spiro atoms. The van der Waals surface area contributed by atoms with Gasteiger partial charge in [0.25, 0.3) is 0 Å². The largest absolute Gasteiger partial charge is 0.493 e. The Morgan fingerprint density at radius 2 is 2.07 bits per heavy atom. The Morgan fingerprint density at radius 1 is 1.27 bits per heavy atom. The standard InChI is InChI=1S/C24H30N2O3S/c1-4-13-29-22-12-9-19(15-23(22)27-3)16-26(17-21-6-5-14-28-21)24(30)25-20-10-7-18(2)8-11-20/h4,7-12,15,21H,1,5-6,13-14,16-17H2,2-3H3,(H,25,30)/t21-/m1/s1. The van der Waals surface area contributed by atoms with Gasteiger partial charge >= 0.3 is 0 Å². The minimum absolute atomic E-state index is 0.194. The minimum atomic E-state index is 0.194. The van der Waals surface area contributed by atoms with E-state index in [4.69, 9.17) is 26.4 Å². The van der Waals surface area contributed by atoms with Crippen molar-refractivity contribution in [2.75, 3.05) is 32.2 Å². The number of methoxy groups -OCH3 is 1. The first-order chi connectivity index (χ1) is 14.6. The molecule has 3 rings (SSSR count). The van der Waals surface area contributed by atoms with Gasteiger partial charge in [-0.25, -0.2) is 0 Å². The number of benzene rings is 2. The maximum absolute atomic E-state index is 5.86. The molecule has 1 saturated heterocycles. The van der Waals surface area contributed by atoms with Gasteiger partial charge in [-0.15, -0.1) is 0 Å². The zero-order valence-electron chi connectivity index (χ0n) is 17.7. The zero-order chi connectivity index (χ0) is 21.3. The highest BCUT2D eigenvalue weighted by Crippen LogP contribution is 2.29. The van der Waals surface area contributed by atoms with Gasteiger partial charge < -0.3 is 24.4 Å². The van der Waals surface area contributed by atoms with Crippen LogP contribution in [0.2, 0.25) is 0 Å². The van der Waals surface area contributed by atoms with E-state index < -0.39 is 0 Å². The van der Waals surface area contributed by atoms with E-state index in [1.54, 1.807) is 13.2 Å². The Morgan fingerprint density at radius 3 is 2.73 bits per heavy atom. The lowest BCUT2D eigenvalue weighted by Crippen LogP contribution is -2.39. The summed E-state index contributed by atoms with van der Waals surface area (Å²) in [5.41, 5.74) is 3.28. The molecule has 1 fully saturated rings. The first-order valence-electron chi connectivity index (χ1n) is 10.2. The summed E-state index contributed by atoms with van der Waals surface area (Å²) in [5, 5.41) is 4.05. The summed E-state index contributed by atoms with van der Waals surface area (Å²) in [7, 11) is 1.65. The molecule has 0 aromatic heterocycles. The molecule has 6 heteroatoms. The topological polar surface area (TPSA) is 43.0 Å². The monoisotopic (exact) mass is 426 g/mol. The van der Waals surface area contributed by atoms with Crippen molar-refractivity contribution in [3.05, 3.63) is 66.2 Å². The van der Waals surface area contributed by atoms with Gasteiger partial charge in [0.05, 0.1) is 13.2 Å². The van der Waals surface area contributed by atoms with Gasteiger partial charge in [0, 0.05) is 25.4 Å². The van der Waals surface area contributed by atoms with Crippen molar-refractivity contribution in [2.45, 2.75) is 32.4 Å². The molecule has 1 N–H and O–H groups in total. The smallest absolute Gasteiger partial charge is 0.173 e. The van der Waals surface area contributed by atoms with Gasteiger partial charge in [0.15, 0.2) is 16.6 Å². The number of aryl methyl sites for hydroxylation is 1. The summed E-state index contributed by atoms with van der Waals surface area (Å²) in [4.78, 5) is 2.16. The van der Waals surface area contributed by atoms with Crippen molar-refractivity contribution >= 4 is 23.0 Å². The maximum atomic E-state index is 5.86. The third-order valence-corrected chi connectivity index (χ3v) is 5.36. The number of nitrogens with zero attached hydrogens (tertiary/aromatic N) is 1. The Bertz CT molecular complexity index is 848. The van der Waals surface area contributed by atoms with Crippen LogP contribution >= 0.6 is 12.2 Å². The molecule has 1 aliphatic rings. The molecular formula is C24H30N2O3S. The fraction of sp³-hybridized carbons (Fsp3) is 0.375. The highest BCUT2D eigenvalue weighted by Gasteiger charge is 2.21. The average Bonchev–Trinajstić information content (AvgIpc) is 3.27. The molecule has 2 aromatic carbocycles. The summed E-state index contributed by atoms with van der Waals surface area (Å²) in [6.45, 7) is 8.41. The van der Waals surface area contributed by atoms with Gasteiger partial charge in [-0.3, -0.25) is 0 Å². The predicted molar refractivity (Wildman–Crippen MR) is 125 cm³/mol. The van der Waals surface area contributed by atoms with E-state index in [1.165, 1.54) is 5.56 Å². The minimum Gasteiger partial charge on any atom is -0.493 e. The van der Waals surface area contributed by atoms with Gasteiger partial charge in [-0.1, -0.05) is 36.4 Å². The SMILES string of the molecule is C=CCOc1ccc(CN(C[C@H]2CCCO2)C(=S)Nc2ccc(C)cc2)cc1OC. The van der Waals surface area contributed by atoms with Crippen LogP contribution in [0.1, 0.15) is 24.0 Å². The summed E-state index contributed by atoms with van der Waals surface area (Å²) in [6.07, 6.45) is 4.06. The van der Waals surface area contributed by atoms with Gasteiger partial charge in [0.2, 0.25) is 0 Å². The first-order valence-corrected chi connectivity index (χ1v) is 10.6. The number of ether oxygens (including phenoxy) is 3. The van der Waals surface area contributed by atoms with Crippen LogP contribution in [-0.2, 0) is 11.3 Å². The molecule has 1 atom stereocenters. The number of thiocarbonyl (C=S) groups is 1. The fourth-order valence-electron chi connectivity index (χ4n) is 3.39. The van der Waals surface area contributed by atoms with E-state index in [-0.39, 0.29) is 6.10 Å². The molecule has 0 unspecified atom stereocenters. The number of hydrogen-bond acceptors (Lipinski definition) is 4. The highest BCUT2D eigenvalue weighted by molar-refractivity contribution is 7.80. The molecular weight excluding hydrogens is 396 g/mol. The van der Waals surface area contributed by atoms with E-state index >= 15 is 0 Å². The molecule has 0 aliphatic carbocycles. The Hall–Kier alpha value is -2.57. The second kappa shape index (κ2) is 11.0. The number of hydrogen-bond donors (Lipinski definition) is 1. The molecule has 0 radical (unpaired) electrons. The quantitative estimate of drug-likeness (QED) is 0.452.